The Balaban J connectivity index is 5.43. The van der Waals surface area contributed by atoms with Crippen molar-refractivity contribution in [2.75, 3.05) is 39.6 Å². The van der Waals surface area contributed by atoms with Crippen LogP contribution in [0.25, 0.3) is 0 Å². The number of hydrogen-bond donors (Lipinski definition) is 3. The molecule has 0 aliphatic heterocycles. The lowest BCUT2D eigenvalue weighted by Crippen LogP contribution is -2.30. The minimum Gasteiger partial charge on any atom is -0.462 e. The molecule has 0 saturated heterocycles. The third-order valence-corrected chi connectivity index (χ3v) is 17.2. The van der Waals surface area contributed by atoms with Crippen LogP contribution >= 0.6 is 15.6 Å². The molecule has 570 valence electrons. The number of phosphoric acid groups is 2. The number of aliphatic hydroxyl groups is 1. The van der Waals surface area contributed by atoms with E-state index >= 15 is 0 Å². The van der Waals surface area contributed by atoms with E-state index in [9.17, 15) is 43.2 Å². The van der Waals surface area contributed by atoms with Crippen molar-refractivity contribution in [2.24, 2.45) is 0 Å². The summed E-state index contributed by atoms with van der Waals surface area (Å²) >= 11 is 0. The smallest absolute Gasteiger partial charge is 0.462 e. The summed E-state index contributed by atoms with van der Waals surface area (Å²) < 4.78 is 68.3. The Hall–Kier alpha value is -5.06. The van der Waals surface area contributed by atoms with Crippen LogP contribution in [0.15, 0.2) is 146 Å². The second-order valence-corrected chi connectivity index (χ2v) is 27.7. The van der Waals surface area contributed by atoms with E-state index in [2.05, 4.69) is 155 Å². The maximum Gasteiger partial charge on any atom is 0.472 e. The van der Waals surface area contributed by atoms with Crippen molar-refractivity contribution in [2.45, 2.75) is 303 Å². The van der Waals surface area contributed by atoms with Crippen LogP contribution in [0.5, 0.6) is 0 Å². The van der Waals surface area contributed by atoms with Gasteiger partial charge in [-0.3, -0.25) is 37.3 Å². The second-order valence-electron chi connectivity index (χ2n) is 24.8. The largest absolute Gasteiger partial charge is 0.472 e. The van der Waals surface area contributed by atoms with E-state index < -0.39 is 97.5 Å². The summed E-state index contributed by atoms with van der Waals surface area (Å²) in [6, 6.07) is 0. The fraction of sp³-hybridized carbons (Fsp3) is 0.654. The van der Waals surface area contributed by atoms with E-state index in [1.165, 1.54) is 51.4 Å². The molecule has 0 aromatic carbocycles. The summed E-state index contributed by atoms with van der Waals surface area (Å²) in [5.41, 5.74) is 0. The summed E-state index contributed by atoms with van der Waals surface area (Å²) in [5.74, 6) is -2.35. The van der Waals surface area contributed by atoms with Crippen LogP contribution in [0.3, 0.4) is 0 Å². The van der Waals surface area contributed by atoms with Gasteiger partial charge in [0.25, 0.3) is 0 Å². The summed E-state index contributed by atoms with van der Waals surface area (Å²) in [6.45, 7) is 4.43. The topological polar surface area (TPSA) is 237 Å². The number of unbranched alkanes of at least 4 members (excludes halogenated alkanes) is 20. The predicted octanol–water partition coefficient (Wildman–Crippen LogP) is 21.9. The molecule has 0 bridgehead atoms. The Kier molecular flexibility index (Phi) is 68.6. The highest BCUT2D eigenvalue weighted by Gasteiger charge is 2.30. The minimum absolute atomic E-state index is 0.0301. The van der Waals surface area contributed by atoms with Crippen molar-refractivity contribution in [3.63, 3.8) is 0 Å². The molecule has 5 unspecified atom stereocenters. The van der Waals surface area contributed by atoms with Crippen molar-refractivity contribution >= 4 is 39.5 Å². The number of ether oxygens (including phenoxy) is 4. The lowest BCUT2D eigenvalue weighted by molar-refractivity contribution is -0.161. The van der Waals surface area contributed by atoms with Gasteiger partial charge in [0.1, 0.15) is 19.3 Å². The number of hydrogen-bond acceptors (Lipinski definition) is 15. The molecule has 19 heteroatoms. The summed E-state index contributed by atoms with van der Waals surface area (Å²) in [6.07, 6.45) is 81.5. The zero-order chi connectivity index (χ0) is 73.2. The van der Waals surface area contributed by atoms with Crippen LogP contribution in [0.4, 0.5) is 0 Å². The highest BCUT2D eigenvalue weighted by atomic mass is 31.2. The standard InChI is InChI=1S/C81H134O17P2/c1-5-9-13-17-21-25-29-32-35-36-37-38-41-43-47-50-54-58-62-66-79(84)91-71-76(97-80(85)67-63-59-55-51-45-28-24-20-16-12-8-4)73-95-99(87,88)93-69-75(82)70-94-100(89,90)96-74-77(98-81(86)68-64-60-56-52-48-44-40-34-31-27-23-19-15-11-7-3)72-92-78(83)65-61-57-53-49-46-42-39-33-30-26-22-18-14-10-6-2/h9-10,13-14,20-22,24-26,32-35,37-40,43,46-47,49,54,58,75-77,82H,5-8,11-12,15-19,23,27-31,36,41-42,44-45,48,50-53,55-57,59-74H2,1-4H3,(H,87,88)(H,89,90)/b13-9-,14-10-,24-20-,25-21-,26-22-,35-32-,38-37-,39-33-,40-34-,47-43-,49-46-,58-54-. The molecule has 0 fully saturated rings. The predicted molar refractivity (Wildman–Crippen MR) is 408 cm³/mol. The highest BCUT2D eigenvalue weighted by Crippen LogP contribution is 2.45. The minimum atomic E-state index is -5.00. The van der Waals surface area contributed by atoms with E-state index in [0.29, 0.717) is 32.1 Å². The molecule has 0 amide bonds. The van der Waals surface area contributed by atoms with Gasteiger partial charge >= 0.3 is 39.5 Å². The fourth-order valence-electron chi connectivity index (χ4n) is 9.51. The van der Waals surface area contributed by atoms with Gasteiger partial charge in [-0.1, -0.05) is 257 Å². The van der Waals surface area contributed by atoms with E-state index in [-0.39, 0.29) is 25.7 Å². The van der Waals surface area contributed by atoms with Gasteiger partial charge in [-0.2, -0.15) is 0 Å². The third-order valence-electron chi connectivity index (χ3n) is 15.3. The van der Waals surface area contributed by atoms with Crippen LogP contribution in [0.1, 0.15) is 285 Å². The van der Waals surface area contributed by atoms with Crippen LogP contribution in [0, 0.1) is 0 Å². The van der Waals surface area contributed by atoms with E-state index in [1.54, 1.807) is 0 Å². The maximum absolute atomic E-state index is 13.1. The van der Waals surface area contributed by atoms with E-state index in [0.717, 1.165) is 148 Å². The van der Waals surface area contributed by atoms with Gasteiger partial charge in [-0.25, -0.2) is 9.13 Å². The van der Waals surface area contributed by atoms with E-state index in [1.807, 2.05) is 18.2 Å². The van der Waals surface area contributed by atoms with Crippen LogP contribution in [-0.2, 0) is 65.4 Å². The summed E-state index contributed by atoms with van der Waals surface area (Å²) in [7, 11) is -9.99. The van der Waals surface area contributed by atoms with Gasteiger partial charge in [0.15, 0.2) is 12.2 Å². The molecule has 0 radical (unpaired) electrons. The molecule has 0 saturated carbocycles. The van der Waals surface area contributed by atoms with E-state index in [4.69, 9.17) is 37.0 Å². The number of aliphatic hydroxyl groups excluding tert-OH is 1. The molecular formula is C81H134O17P2. The zero-order valence-corrected chi connectivity index (χ0v) is 63.9. The lowest BCUT2D eigenvalue weighted by atomic mass is 10.1. The molecule has 5 atom stereocenters. The molecule has 100 heavy (non-hydrogen) atoms. The van der Waals surface area contributed by atoms with Crippen LogP contribution < -0.4 is 0 Å². The molecule has 0 rings (SSSR count). The first-order chi connectivity index (χ1) is 48.7. The molecule has 17 nitrogen and oxygen atoms in total. The monoisotopic (exact) mass is 1440 g/mol. The quantitative estimate of drug-likeness (QED) is 0.0169. The number of phosphoric ester groups is 2. The normalized spacial score (nSPS) is 14.8. The molecule has 0 spiro atoms. The Morgan fingerprint density at radius 1 is 0.290 bits per heavy atom. The first kappa shape index (κ1) is 94.9. The molecule has 0 aromatic heterocycles. The van der Waals surface area contributed by atoms with Crippen molar-refractivity contribution in [3.05, 3.63) is 146 Å². The molecule has 3 N–H and O–H groups in total. The number of rotatable bonds is 70. The van der Waals surface area contributed by atoms with Gasteiger partial charge in [0, 0.05) is 25.7 Å². The third kappa shape index (κ3) is 71.3. The Bertz CT molecular complexity index is 2470. The Morgan fingerprint density at radius 3 is 0.920 bits per heavy atom. The van der Waals surface area contributed by atoms with Gasteiger partial charge in [0.2, 0.25) is 0 Å². The second kappa shape index (κ2) is 72.3. The molecule has 0 heterocycles. The number of allylic oxidation sites excluding steroid dienone is 24. The average Bonchev–Trinajstić information content (AvgIpc) is 0.953. The molecule has 0 aromatic rings. The van der Waals surface area contributed by atoms with Crippen molar-refractivity contribution < 1.29 is 80.2 Å². The fourth-order valence-corrected chi connectivity index (χ4v) is 11.1. The average molecular weight is 1440 g/mol. The number of carbonyl (C=O) groups excluding carboxylic acids is 4. The SMILES string of the molecule is CC/C=C\C/C=C\C/C=C\C/C=C\C/C=C\C/C=C\CCC(=O)OCC(COP(=O)(O)OCC(O)COP(=O)(O)OCC(COC(=O)CCCC/C=C\C/C=C\C/C=C\C/C=C\CC)OC(=O)CCCCCCC/C=C\CCCCCCCC)OC(=O)CCCCCCC/C=C\CCCC. The highest BCUT2D eigenvalue weighted by molar-refractivity contribution is 7.47. The Labute approximate surface area is 605 Å². The van der Waals surface area contributed by atoms with Gasteiger partial charge in [-0.15, -0.1) is 0 Å². The first-order valence-electron chi connectivity index (χ1n) is 38.1. The molecular weight excluding hydrogens is 1310 g/mol. The zero-order valence-electron chi connectivity index (χ0n) is 62.1. The first-order valence-corrected chi connectivity index (χ1v) is 41.1. The van der Waals surface area contributed by atoms with Crippen LogP contribution in [0.2, 0.25) is 0 Å². The van der Waals surface area contributed by atoms with Gasteiger partial charge in [0.05, 0.1) is 26.4 Å². The molecule has 0 aliphatic carbocycles. The van der Waals surface area contributed by atoms with Gasteiger partial charge in [-0.05, 0) is 148 Å². The summed E-state index contributed by atoms with van der Waals surface area (Å²) in [5, 5.41) is 10.6. The summed E-state index contributed by atoms with van der Waals surface area (Å²) in [4.78, 5) is 72.8. The number of carbonyl (C=O) groups is 4. The van der Waals surface area contributed by atoms with Crippen LogP contribution in [-0.4, -0.2) is 96.7 Å². The van der Waals surface area contributed by atoms with Gasteiger partial charge < -0.3 is 33.8 Å². The lowest BCUT2D eigenvalue weighted by Gasteiger charge is -2.21. The maximum atomic E-state index is 13.1. The van der Waals surface area contributed by atoms with Crippen molar-refractivity contribution in [1.29, 1.82) is 0 Å². The molecule has 0 aliphatic rings. The number of esters is 4. The van der Waals surface area contributed by atoms with Crippen molar-refractivity contribution in [1.82, 2.24) is 0 Å². The van der Waals surface area contributed by atoms with Crippen molar-refractivity contribution in [3.8, 4) is 0 Å². The Morgan fingerprint density at radius 2 is 0.550 bits per heavy atom.